The van der Waals surface area contributed by atoms with Crippen LogP contribution in [0, 0.1) is 6.92 Å². The van der Waals surface area contributed by atoms with E-state index >= 15 is 0 Å². The summed E-state index contributed by atoms with van der Waals surface area (Å²) in [6.45, 7) is 2.58. The smallest absolute Gasteiger partial charge is 0.292 e. The molecule has 7 nitrogen and oxygen atoms in total. The summed E-state index contributed by atoms with van der Waals surface area (Å²) in [4.78, 5) is 27.1. The Bertz CT molecular complexity index is 990. The Balaban J connectivity index is 1.72. The van der Waals surface area contributed by atoms with E-state index < -0.39 is 11.7 Å². The number of tetrazole rings is 1. The highest BCUT2D eigenvalue weighted by atomic mass is 16.2. The van der Waals surface area contributed by atoms with Crippen LogP contribution >= 0.6 is 0 Å². The molecule has 0 saturated carbocycles. The maximum atomic E-state index is 12.9. The van der Waals surface area contributed by atoms with Gasteiger partial charge in [0.1, 0.15) is 0 Å². The molecule has 4 rings (SSSR count). The van der Waals surface area contributed by atoms with Gasteiger partial charge in [-0.15, -0.1) is 4.68 Å². The maximum Gasteiger partial charge on any atom is 0.377 e. The Hall–Kier alpha value is -3.22. The van der Waals surface area contributed by atoms with Crippen molar-refractivity contribution in [3.8, 4) is 5.69 Å². The molecule has 1 aliphatic rings. The van der Waals surface area contributed by atoms with E-state index in [1.165, 1.54) is 0 Å². The quantitative estimate of drug-likeness (QED) is 0.639. The van der Waals surface area contributed by atoms with Gasteiger partial charge in [-0.2, -0.15) is 4.68 Å². The van der Waals surface area contributed by atoms with Gasteiger partial charge in [0.15, 0.2) is 0 Å². The number of rotatable bonds is 1. The van der Waals surface area contributed by atoms with E-state index in [2.05, 4.69) is 16.5 Å². The molecule has 0 radical (unpaired) electrons. The van der Waals surface area contributed by atoms with Crippen molar-refractivity contribution in [2.45, 2.75) is 19.8 Å². The minimum atomic E-state index is -0.574. The molecule has 1 amide bonds. The fourth-order valence-corrected chi connectivity index (χ4v) is 3.14. The topological polar surface area (TPSA) is 73.0 Å². The number of anilines is 1. The van der Waals surface area contributed by atoms with Gasteiger partial charge in [-0.3, -0.25) is 4.90 Å². The molecule has 1 aromatic heterocycles. The van der Waals surface area contributed by atoms with Crippen LogP contribution in [0.4, 0.5) is 10.5 Å². The van der Waals surface area contributed by atoms with Crippen LogP contribution < -0.4 is 10.6 Å². The van der Waals surface area contributed by atoms with Gasteiger partial charge in [0.05, 0.1) is 5.69 Å². The van der Waals surface area contributed by atoms with Crippen molar-refractivity contribution in [1.29, 1.82) is 0 Å². The zero-order valence-corrected chi connectivity index (χ0v) is 13.8. The minimum Gasteiger partial charge on any atom is -0.292 e. The Morgan fingerprint density at radius 3 is 2.68 bits per heavy atom. The molecule has 0 bridgehead atoms. The highest BCUT2D eigenvalue weighted by Gasteiger charge is 2.26. The van der Waals surface area contributed by atoms with Crippen LogP contribution in [-0.4, -0.2) is 32.4 Å². The molecule has 0 spiro atoms. The average Bonchev–Trinajstić information content (AvgIpc) is 3.02. The number of amides is 1. The van der Waals surface area contributed by atoms with Gasteiger partial charge in [-0.05, 0) is 54.0 Å². The monoisotopic (exact) mass is 335 g/mol. The standard InChI is InChI=1S/C18H17N5O2/c1-13-9-10-16-14(12-13)6-5-11-21(16)17(24)23-18(25)22(19-20-23)15-7-3-2-4-8-15/h2-4,7-10,12H,5-6,11H2,1H3. The van der Waals surface area contributed by atoms with Crippen molar-refractivity contribution >= 4 is 11.7 Å². The lowest BCUT2D eigenvalue weighted by Crippen LogP contribution is -2.43. The van der Waals surface area contributed by atoms with Crippen molar-refractivity contribution in [1.82, 2.24) is 19.8 Å². The Morgan fingerprint density at radius 1 is 1.08 bits per heavy atom. The van der Waals surface area contributed by atoms with E-state index in [1.807, 2.05) is 25.1 Å². The Labute approximate surface area is 144 Å². The predicted octanol–water partition coefficient (Wildman–Crippen LogP) is 2.16. The van der Waals surface area contributed by atoms with Crippen molar-refractivity contribution < 1.29 is 4.79 Å². The minimum absolute atomic E-state index is 0.475. The molecule has 1 aliphatic heterocycles. The van der Waals surface area contributed by atoms with Crippen LogP contribution in [-0.2, 0) is 6.42 Å². The number of para-hydroxylation sites is 1. The Morgan fingerprint density at radius 2 is 1.88 bits per heavy atom. The summed E-state index contributed by atoms with van der Waals surface area (Å²) in [5.41, 5.74) is 3.10. The lowest BCUT2D eigenvalue weighted by Gasteiger charge is -2.28. The van der Waals surface area contributed by atoms with Gasteiger partial charge < -0.3 is 0 Å². The fraction of sp³-hybridized carbons (Fsp3) is 0.222. The summed E-state index contributed by atoms with van der Waals surface area (Å²) in [6.07, 6.45) is 1.77. The van der Waals surface area contributed by atoms with Gasteiger partial charge in [0.25, 0.3) is 0 Å². The first kappa shape index (κ1) is 15.3. The number of nitrogens with zero attached hydrogens (tertiary/aromatic N) is 5. The highest BCUT2D eigenvalue weighted by Crippen LogP contribution is 2.28. The summed E-state index contributed by atoms with van der Waals surface area (Å²) in [5.74, 6) is 0. The number of fused-ring (bicyclic) bond motifs is 1. The van der Waals surface area contributed by atoms with Crippen LogP contribution in [0.3, 0.4) is 0 Å². The second-order valence-corrected chi connectivity index (χ2v) is 6.09. The van der Waals surface area contributed by atoms with Crippen LogP contribution in [0.2, 0.25) is 0 Å². The number of carbonyl (C=O) groups excluding carboxylic acids is 1. The van der Waals surface area contributed by atoms with Gasteiger partial charge in [-0.25, -0.2) is 9.59 Å². The van der Waals surface area contributed by atoms with E-state index in [-0.39, 0.29) is 0 Å². The third-order valence-corrected chi connectivity index (χ3v) is 4.35. The van der Waals surface area contributed by atoms with Gasteiger partial charge in [-0.1, -0.05) is 35.9 Å². The molecule has 0 atom stereocenters. The van der Waals surface area contributed by atoms with Crippen molar-refractivity contribution in [3.05, 3.63) is 70.1 Å². The molecule has 2 heterocycles. The largest absolute Gasteiger partial charge is 0.377 e. The molecular weight excluding hydrogens is 318 g/mol. The SMILES string of the molecule is Cc1ccc2c(c1)CCCN2C(=O)n1nnn(-c2ccccc2)c1=O. The summed E-state index contributed by atoms with van der Waals surface area (Å²) in [6, 6.07) is 14.4. The first-order valence-electron chi connectivity index (χ1n) is 8.17. The molecule has 0 fully saturated rings. The van der Waals surface area contributed by atoms with Gasteiger partial charge in [0, 0.05) is 12.2 Å². The molecule has 126 valence electrons. The number of aromatic nitrogens is 4. The first-order chi connectivity index (χ1) is 12.1. The highest BCUT2D eigenvalue weighted by molar-refractivity contribution is 5.94. The molecule has 7 heteroatoms. The summed E-state index contributed by atoms with van der Waals surface area (Å²) < 4.78 is 1.94. The van der Waals surface area contributed by atoms with E-state index in [1.54, 1.807) is 29.2 Å². The van der Waals surface area contributed by atoms with E-state index in [0.717, 1.165) is 39.0 Å². The molecule has 0 saturated heterocycles. The maximum absolute atomic E-state index is 12.9. The molecule has 25 heavy (non-hydrogen) atoms. The second kappa shape index (κ2) is 6.01. The molecule has 0 unspecified atom stereocenters. The molecule has 0 N–H and O–H groups in total. The fourth-order valence-electron chi connectivity index (χ4n) is 3.14. The van der Waals surface area contributed by atoms with Crippen LogP contribution in [0.25, 0.3) is 5.69 Å². The lowest BCUT2D eigenvalue weighted by molar-refractivity contribution is 0.243. The van der Waals surface area contributed by atoms with E-state index in [9.17, 15) is 9.59 Å². The number of carbonyl (C=O) groups is 1. The van der Waals surface area contributed by atoms with Crippen molar-refractivity contribution in [2.75, 3.05) is 11.4 Å². The number of benzene rings is 2. The average molecular weight is 335 g/mol. The second-order valence-electron chi connectivity index (χ2n) is 6.09. The first-order valence-corrected chi connectivity index (χ1v) is 8.17. The molecule has 3 aromatic rings. The Kier molecular flexibility index (Phi) is 3.68. The van der Waals surface area contributed by atoms with Crippen LogP contribution in [0.1, 0.15) is 17.5 Å². The molecule has 0 aliphatic carbocycles. The number of hydrogen-bond acceptors (Lipinski definition) is 4. The lowest BCUT2D eigenvalue weighted by atomic mass is 10.00. The van der Waals surface area contributed by atoms with E-state index in [0.29, 0.717) is 12.2 Å². The van der Waals surface area contributed by atoms with Crippen LogP contribution in [0.5, 0.6) is 0 Å². The predicted molar refractivity (Wildman–Crippen MR) is 93.3 cm³/mol. The van der Waals surface area contributed by atoms with Crippen LogP contribution in [0.15, 0.2) is 53.3 Å². The van der Waals surface area contributed by atoms with E-state index in [4.69, 9.17) is 0 Å². The summed E-state index contributed by atoms with van der Waals surface area (Å²) >= 11 is 0. The summed E-state index contributed by atoms with van der Waals surface area (Å²) in [7, 11) is 0. The number of hydrogen-bond donors (Lipinski definition) is 0. The molecule has 2 aromatic carbocycles. The normalized spacial score (nSPS) is 13.6. The van der Waals surface area contributed by atoms with Crippen molar-refractivity contribution in [3.63, 3.8) is 0 Å². The summed E-state index contributed by atoms with van der Waals surface area (Å²) in [5, 5.41) is 7.63. The third-order valence-electron chi connectivity index (χ3n) is 4.35. The zero-order valence-electron chi connectivity index (χ0n) is 13.8. The van der Waals surface area contributed by atoms with Gasteiger partial charge in [0.2, 0.25) is 0 Å². The zero-order chi connectivity index (χ0) is 17.4. The third kappa shape index (κ3) is 2.63. The number of aryl methyl sites for hydroxylation is 2. The van der Waals surface area contributed by atoms with Crippen molar-refractivity contribution in [2.24, 2.45) is 0 Å². The van der Waals surface area contributed by atoms with Gasteiger partial charge >= 0.3 is 11.7 Å². The molecular formula is C18H17N5O2.